The Morgan fingerprint density at radius 2 is 1.76 bits per heavy atom. The molecule has 0 radical (unpaired) electrons. The summed E-state index contributed by atoms with van der Waals surface area (Å²) in [6.45, 7) is 1.82. The second-order valence-electron chi connectivity index (χ2n) is 6.69. The topological polar surface area (TPSA) is 59.2 Å². The Morgan fingerprint density at radius 3 is 2.55 bits per heavy atom. The first-order valence-electron chi connectivity index (χ1n) is 9.40. The summed E-state index contributed by atoms with van der Waals surface area (Å²) in [7, 11) is 1.66. The van der Waals surface area contributed by atoms with Crippen molar-refractivity contribution in [3.05, 3.63) is 88.2 Å². The van der Waals surface area contributed by atoms with E-state index in [1.54, 1.807) is 7.11 Å². The van der Waals surface area contributed by atoms with Gasteiger partial charge in [0.1, 0.15) is 12.4 Å². The predicted molar refractivity (Wildman–Crippen MR) is 118 cm³/mol. The molecule has 6 heteroatoms. The van der Waals surface area contributed by atoms with Gasteiger partial charge in [-0.2, -0.15) is 0 Å². The molecule has 1 aromatic heterocycles. The molecule has 0 aliphatic heterocycles. The number of hydrogen-bond donors (Lipinski definition) is 2. The summed E-state index contributed by atoms with van der Waals surface area (Å²) >= 11 is 3.62. The van der Waals surface area contributed by atoms with Crippen molar-refractivity contribution in [2.24, 2.45) is 0 Å². The molecule has 0 bridgehead atoms. The van der Waals surface area contributed by atoms with Gasteiger partial charge in [0.05, 0.1) is 29.2 Å². The highest BCUT2D eigenvalue weighted by Gasteiger charge is 2.12. The second-order valence-corrected chi connectivity index (χ2v) is 7.54. The van der Waals surface area contributed by atoms with Crippen molar-refractivity contribution >= 4 is 27.0 Å². The summed E-state index contributed by atoms with van der Waals surface area (Å²) < 4.78 is 12.4. The molecular formula is C23H22BrN3O2. The first-order chi connectivity index (χ1) is 14.2. The third-order valence-corrected chi connectivity index (χ3v) is 5.16. The van der Waals surface area contributed by atoms with Crippen LogP contribution in [0.25, 0.3) is 11.0 Å². The number of halogens is 1. The van der Waals surface area contributed by atoms with Crippen LogP contribution in [0.5, 0.6) is 11.5 Å². The maximum absolute atomic E-state index is 6.00. The zero-order chi connectivity index (χ0) is 20.1. The Balaban J connectivity index is 1.40. The number of hydrogen-bond acceptors (Lipinski definition) is 4. The number of aromatic amines is 1. The smallest absolute Gasteiger partial charge is 0.175 e. The standard InChI is InChI=1S/C23H22BrN3O2/c1-28-21-12-17(11-18(24)23(21)29-15-16-7-3-2-4-8-16)13-25-14-22-26-19-9-5-6-10-20(19)27-22/h2-12,25H,13-15H2,1H3,(H,26,27). The van der Waals surface area contributed by atoms with Crippen LogP contribution < -0.4 is 14.8 Å². The van der Waals surface area contributed by atoms with Crippen molar-refractivity contribution < 1.29 is 9.47 Å². The minimum atomic E-state index is 0.486. The molecule has 4 rings (SSSR count). The molecule has 0 fully saturated rings. The van der Waals surface area contributed by atoms with Crippen LogP contribution in [0, 0.1) is 0 Å². The van der Waals surface area contributed by atoms with Gasteiger partial charge in [-0.15, -0.1) is 0 Å². The number of methoxy groups -OCH3 is 1. The third kappa shape index (κ3) is 4.78. The molecule has 148 valence electrons. The zero-order valence-electron chi connectivity index (χ0n) is 16.1. The molecule has 4 aromatic rings. The van der Waals surface area contributed by atoms with E-state index in [4.69, 9.17) is 9.47 Å². The van der Waals surface area contributed by atoms with Gasteiger partial charge in [0, 0.05) is 6.54 Å². The van der Waals surface area contributed by atoms with Gasteiger partial charge >= 0.3 is 0 Å². The van der Waals surface area contributed by atoms with E-state index in [1.165, 1.54) is 0 Å². The molecule has 2 N–H and O–H groups in total. The van der Waals surface area contributed by atoms with Crippen LogP contribution in [0.1, 0.15) is 17.0 Å². The summed E-state index contributed by atoms with van der Waals surface area (Å²) in [6, 6.07) is 22.2. The lowest BCUT2D eigenvalue weighted by Crippen LogP contribution is -2.14. The van der Waals surface area contributed by atoms with E-state index < -0.39 is 0 Å². The Labute approximate surface area is 178 Å². The van der Waals surface area contributed by atoms with E-state index in [9.17, 15) is 0 Å². The summed E-state index contributed by atoms with van der Waals surface area (Å²) in [5.41, 5.74) is 4.23. The normalized spacial score (nSPS) is 11.0. The number of aromatic nitrogens is 2. The number of H-pyrrole nitrogens is 1. The molecule has 0 unspecified atom stereocenters. The molecule has 3 aromatic carbocycles. The molecule has 0 saturated carbocycles. The highest BCUT2D eigenvalue weighted by Crippen LogP contribution is 2.37. The number of imidazole rings is 1. The minimum Gasteiger partial charge on any atom is -0.493 e. The molecule has 29 heavy (non-hydrogen) atoms. The van der Waals surface area contributed by atoms with E-state index in [0.29, 0.717) is 31.2 Å². The average molecular weight is 452 g/mol. The van der Waals surface area contributed by atoms with E-state index in [1.807, 2.05) is 60.7 Å². The zero-order valence-corrected chi connectivity index (χ0v) is 17.7. The molecule has 0 spiro atoms. The first-order valence-corrected chi connectivity index (χ1v) is 10.2. The van der Waals surface area contributed by atoms with Gasteiger partial charge < -0.3 is 19.8 Å². The number of benzene rings is 3. The van der Waals surface area contributed by atoms with Gasteiger partial charge in [-0.05, 0) is 51.3 Å². The number of ether oxygens (including phenoxy) is 2. The number of nitrogens with one attached hydrogen (secondary N) is 2. The van der Waals surface area contributed by atoms with Gasteiger partial charge in [-0.25, -0.2) is 4.98 Å². The highest BCUT2D eigenvalue weighted by atomic mass is 79.9. The van der Waals surface area contributed by atoms with E-state index in [-0.39, 0.29) is 0 Å². The SMILES string of the molecule is COc1cc(CNCc2nc3ccccc3[nH]2)cc(Br)c1OCc1ccccc1. The summed E-state index contributed by atoms with van der Waals surface area (Å²) in [5.74, 6) is 2.33. The second kappa shape index (κ2) is 9.11. The summed E-state index contributed by atoms with van der Waals surface area (Å²) in [4.78, 5) is 7.92. The highest BCUT2D eigenvalue weighted by molar-refractivity contribution is 9.10. The lowest BCUT2D eigenvalue weighted by atomic mass is 10.2. The third-order valence-electron chi connectivity index (χ3n) is 4.58. The van der Waals surface area contributed by atoms with Gasteiger partial charge in [-0.1, -0.05) is 42.5 Å². The minimum absolute atomic E-state index is 0.486. The molecule has 0 aliphatic carbocycles. The largest absolute Gasteiger partial charge is 0.493 e. The van der Waals surface area contributed by atoms with Crippen molar-refractivity contribution in [1.29, 1.82) is 0 Å². The van der Waals surface area contributed by atoms with E-state index in [2.05, 4.69) is 37.3 Å². The summed E-state index contributed by atoms with van der Waals surface area (Å²) in [5, 5.41) is 3.42. The Kier molecular flexibility index (Phi) is 6.12. The van der Waals surface area contributed by atoms with Gasteiger partial charge in [-0.3, -0.25) is 0 Å². The van der Waals surface area contributed by atoms with Crippen LogP contribution in [0.3, 0.4) is 0 Å². The number of fused-ring (bicyclic) bond motifs is 1. The number of nitrogens with zero attached hydrogens (tertiary/aromatic N) is 1. The van der Waals surface area contributed by atoms with Crippen LogP contribution in [0.15, 0.2) is 71.2 Å². The maximum atomic E-state index is 6.00. The van der Waals surface area contributed by atoms with Crippen LogP contribution in [-0.4, -0.2) is 17.1 Å². The predicted octanol–water partition coefficient (Wildman–Crippen LogP) is 5.20. The number of para-hydroxylation sites is 2. The lowest BCUT2D eigenvalue weighted by Gasteiger charge is -2.15. The van der Waals surface area contributed by atoms with Crippen LogP contribution in [0.2, 0.25) is 0 Å². The fourth-order valence-electron chi connectivity index (χ4n) is 3.16. The Bertz CT molecular complexity index is 1060. The lowest BCUT2D eigenvalue weighted by molar-refractivity contribution is 0.282. The van der Waals surface area contributed by atoms with Crippen LogP contribution in [0.4, 0.5) is 0 Å². The summed E-state index contributed by atoms with van der Waals surface area (Å²) in [6.07, 6.45) is 0. The van der Waals surface area contributed by atoms with Crippen LogP contribution >= 0.6 is 15.9 Å². The van der Waals surface area contributed by atoms with Crippen molar-refractivity contribution in [2.75, 3.05) is 7.11 Å². The Hall–Kier alpha value is -2.83. The van der Waals surface area contributed by atoms with Gasteiger partial charge in [0.2, 0.25) is 0 Å². The maximum Gasteiger partial charge on any atom is 0.175 e. The van der Waals surface area contributed by atoms with Gasteiger partial charge in [0.15, 0.2) is 11.5 Å². The Morgan fingerprint density at radius 1 is 0.966 bits per heavy atom. The average Bonchev–Trinajstić information content (AvgIpc) is 3.16. The molecule has 0 saturated heterocycles. The van der Waals surface area contributed by atoms with Crippen molar-refractivity contribution in [1.82, 2.24) is 15.3 Å². The molecule has 0 atom stereocenters. The number of rotatable bonds is 8. The fourth-order valence-corrected chi connectivity index (χ4v) is 3.76. The molecule has 1 heterocycles. The molecule has 0 amide bonds. The van der Waals surface area contributed by atoms with Crippen molar-refractivity contribution in [2.45, 2.75) is 19.7 Å². The monoisotopic (exact) mass is 451 g/mol. The molecule has 5 nitrogen and oxygen atoms in total. The van der Waals surface area contributed by atoms with Crippen molar-refractivity contribution in [3.8, 4) is 11.5 Å². The molecule has 0 aliphatic rings. The van der Waals surface area contributed by atoms with E-state index >= 15 is 0 Å². The molecular weight excluding hydrogens is 430 g/mol. The van der Waals surface area contributed by atoms with Crippen LogP contribution in [-0.2, 0) is 19.7 Å². The fraction of sp³-hybridized carbons (Fsp3) is 0.174. The van der Waals surface area contributed by atoms with Gasteiger partial charge in [0.25, 0.3) is 0 Å². The first kappa shape index (κ1) is 19.5. The van der Waals surface area contributed by atoms with E-state index in [0.717, 1.165) is 32.5 Å². The van der Waals surface area contributed by atoms with Crippen molar-refractivity contribution in [3.63, 3.8) is 0 Å². The quantitative estimate of drug-likeness (QED) is 0.386.